The van der Waals surface area contributed by atoms with E-state index in [4.69, 9.17) is 0 Å². The van der Waals surface area contributed by atoms with Crippen LogP contribution in [0.2, 0.25) is 0 Å². The fourth-order valence-corrected chi connectivity index (χ4v) is 2.55. The fraction of sp³-hybridized carbons (Fsp3) is 0.444. The molecular formula is C18H24N6. The van der Waals surface area contributed by atoms with Gasteiger partial charge in [0.2, 0.25) is 0 Å². The van der Waals surface area contributed by atoms with E-state index in [9.17, 15) is 0 Å². The van der Waals surface area contributed by atoms with E-state index in [0.29, 0.717) is 5.92 Å². The highest BCUT2D eigenvalue weighted by Gasteiger charge is 2.16. The molecule has 0 aliphatic rings. The van der Waals surface area contributed by atoms with E-state index >= 15 is 0 Å². The number of nitrogens with zero attached hydrogens (tertiary/aromatic N) is 5. The molecule has 1 unspecified atom stereocenters. The third kappa shape index (κ3) is 3.22. The predicted molar refractivity (Wildman–Crippen MR) is 95.2 cm³/mol. The summed E-state index contributed by atoms with van der Waals surface area (Å²) in [5, 5.41) is 12.0. The second kappa shape index (κ2) is 6.55. The molecule has 6 heteroatoms. The Morgan fingerprint density at radius 1 is 0.958 bits per heavy atom. The zero-order valence-electron chi connectivity index (χ0n) is 14.9. The Hall–Kier alpha value is -2.50. The highest BCUT2D eigenvalue weighted by Crippen LogP contribution is 2.22. The second-order valence-electron chi connectivity index (χ2n) is 6.70. The lowest BCUT2D eigenvalue weighted by Gasteiger charge is -2.16. The maximum atomic E-state index is 4.67. The second-order valence-corrected chi connectivity index (χ2v) is 6.70. The van der Waals surface area contributed by atoms with Crippen LogP contribution >= 0.6 is 0 Å². The SMILES string of the molecule is CC(C)c1cc(NC(C)c2nnc3ccccn23)nc(C(C)C)n1. The zero-order valence-corrected chi connectivity index (χ0v) is 14.9. The van der Waals surface area contributed by atoms with Crippen LogP contribution in [-0.4, -0.2) is 24.6 Å². The lowest BCUT2D eigenvalue weighted by atomic mass is 10.1. The molecule has 0 aliphatic carbocycles. The average Bonchev–Trinajstić information content (AvgIpc) is 2.98. The number of hydrogen-bond donors (Lipinski definition) is 1. The molecule has 0 spiro atoms. The van der Waals surface area contributed by atoms with Crippen LogP contribution in [0.1, 0.15) is 69.8 Å². The van der Waals surface area contributed by atoms with Crippen molar-refractivity contribution in [2.75, 3.05) is 5.32 Å². The van der Waals surface area contributed by atoms with Crippen molar-refractivity contribution >= 4 is 11.5 Å². The van der Waals surface area contributed by atoms with Crippen LogP contribution in [-0.2, 0) is 0 Å². The molecule has 0 bridgehead atoms. The lowest BCUT2D eigenvalue weighted by molar-refractivity contribution is 0.719. The first-order valence-corrected chi connectivity index (χ1v) is 8.40. The maximum absolute atomic E-state index is 4.67. The van der Waals surface area contributed by atoms with Crippen molar-refractivity contribution in [3.8, 4) is 0 Å². The van der Waals surface area contributed by atoms with Gasteiger partial charge in [0, 0.05) is 23.9 Å². The van der Waals surface area contributed by atoms with Gasteiger partial charge in [0.05, 0.1) is 6.04 Å². The Bertz CT molecular complexity index is 810. The average molecular weight is 324 g/mol. The van der Waals surface area contributed by atoms with Gasteiger partial charge >= 0.3 is 0 Å². The topological polar surface area (TPSA) is 68.0 Å². The molecule has 1 N–H and O–H groups in total. The van der Waals surface area contributed by atoms with Gasteiger partial charge in [0.15, 0.2) is 11.5 Å². The monoisotopic (exact) mass is 324 g/mol. The molecule has 24 heavy (non-hydrogen) atoms. The zero-order chi connectivity index (χ0) is 17.3. The van der Waals surface area contributed by atoms with E-state index < -0.39 is 0 Å². The first kappa shape index (κ1) is 16.4. The number of fused-ring (bicyclic) bond motifs is 1. The van der Waals surface area contributed by atoms with Gasteiger partial charge in [-0.15, -0.1) is 10.2 Å². The predicted octanol–water partition coefficient (Wildman–Crippen LogP) is 3.94. The van der Waals surface area contributed by atoms with Gasteiger partial charge in [0.25, 0.3) is 0 Å². The van der Waals surface area contributed by atoms with E-state index in [1.807, 2.05) is 34.9 Å². The van der Waals surface area contributed by atoms with E-state index in [0.717, 1.165) is 28.8 Å². The summed E-state index contributed by atoms with van der Waals surface area (Å²) in [7, 11) is 0. The lowest BCUT2D eigenvalue weighted by Crippen LogP contribution is -2.14. The minimum absolute atomic E-state index is 0.0164. The molecule has 1 atom stereocenters. The molecule has 126 valence electrons. The van der Waals surface area contributed by atoms with Crippen molar-refractivity contribution in [2.24, 2.45) is 0 Å². The molecule has 0 fully saturated rings. The normalized spacial score (nSPS) is 13.0. The summed E-state index contributed by atoms with van der Waals surface area (Å²) < 4.78 is 1.99. The third-order valence-corrected chi connectivity index (χ3v) is 3.96. The third-order valence-electron chi connectivity index (χ3n) is 3.96. The summed E-state index contributed by atoms with van der Waals surface area (Å²) in [6, 6.07) is 7.89. The summed E-state index contributed by atoms with van der Waals surface area (Å²) in [5.74, 6) is 3.20. The molecule has 0 saturated heterocycles. The van der Waals surface area contributed by atoms with Crippen molar-refractivity contribution in [1.29, 1.82) is 0 Å². The molecule has 3 aromatic heterocycles. The summed E-state index contributed by atoms with van der Waals surface area (Å²) in [4.78, 5) is 9.33. The largest absolute Gasteiger partial charge is 0.360 e. The Morgan fingerprint density at radius 3 is 2.46 bits per heavy atom. The van der Waals surface area contributed by atoms with Gasteiger partial charge in [-0.25, -0.2) is 9.97 Å². The summed E-state index contributed by atoms with van der Waals surface area (Å²) in [6.45, 7) is 10.6. The van der Waals surface area contributed by atoms with Crippen molar-refractivity contribution in [3.05, 3.63) is 47.8 Å². The summed E-state index contributed by atoms with van der Waals surface area (Å²) in [6.07, 6.45) is 1.97. The Balaban J connectivity index is 1.92. The Morgan fingerprint density at radius 2 is 1.75 bits per heavy atom. The number of hydrogen-bond acceptors (Lipinski definition) is 5. The maximum Gasteiger partial charge on any atom is 0.160 e. The van der Waals surface area contributed by atoms with E-state index in [2.05, 4.69) is 60.1 Å². The van der Waals surface area contributed by atoms with Gasteiger partial charge in [-0.3, -0.25) is 4.40 Å². The van der Waals surface area contributed by atoms with Gasteiger partial charge in [-0.2, -0.15) is 0 Å². The fourth-order valence-electron chi connectivity index (χ4n) is 2.55. The number of rotatable bonds is 5. The molecule has 0 aromatic carbocycles. The smallest absolute Gasteiger partial charge is 0.160 e. The van der Waals surface area contributed by atoms with Crippen LogP contribution in [0.25, 0.3) is 5.65 Å². The van der Waals surface area contributed by atoms with Crippen molar-refractivity contribution in [3.63, 3.8) is 0 Å². The Kier molecular flexibility index (Phi) is 4.46. The van der Waals surface area contributed by atoms with Crippen LogP contribution in [0.3, 0.4) is 0 Å². The van der Waals surface area contributed by atoms with Gasteiger partial charge in [-0.1, -0.05) is 33.8 Å². The Labute approximate surface area is 142 Å². The van der Waals surface area contributed by atoms with Crippen LogP contribution in [0.15, 0.2) is 30.5 Å². The molecule has 3 heterocycles. The molecule has 0 radical (unpaired) electrons. The molecular weight excluding hydrogens is 300 g/mol. The number of nitrogens with one attached hydrogen (secondary N) is 1. The van der Waals surface area contributed by atoms with Crippen molar-refractivity contribution in [2.45, 2.75) is 52.5 Å². The molecule has 3 rings (SSSR count). The summed E-state index contributed by atoms with van der Waals surface area (Å²) >= 11 is 0. The van der Waals surface area contributed by atoms with Crippen LogP contribution in [0.4, 0.5) is 5.82 Å². The minimum Gasteiger partial charge on any atom is -0.360 e. The number of aromatic nitrogens is 5. The molecule has 0 amide bonds. The molecule has 0 saturated carbocycles. The van der Waals surface area contributed by atoms with Gasteiger partial charge in [-0.05, 0) is 25.0 Å². The highest BCUT2D eigenvalue weighted by molar-refractivity contribution is 5.42. The summed E-state index contributed by atoms with van der Waals surface area (Å²) in [5.41, 5.74) is 1.89. The first-order chi connectivity index (χ1) is 11.5. The van der Waals surface area contributed by atoms with Crippen LogP contribution in [0, 0.1) is 0 Å². The quantitative estimate of drug-likeness (QED) is 0.770. The number of pyridine rings is 1. The van der Waals surface area contributed by atoms with Crippen molar-refractivity contribution in [1.82, 2.24) is 24.6 Å². The van der Waals surface area contributed by atoms with Crippen molar-refractivity contribution < 1.29 is 0 Å². The molecule has 6 nitrogen and oxygen atoms in total. The van der Waals surface area contributed by atoms with E-state index in [1.165, 1.54) is 0 Å². The van der Waals surface area contributed by atoms with Crippen LogP contribution in [0.5, 0.6) is 0 Å². The van der Waals surface area contributed by atoms with Crippen LogP contribution < -0.4 is 5.32 Å². The molecule has 3 aromatic rings. The standard InChI is InChI=1S/C18H24N6/c1-11(2)14-10-15(21-17(20-14)12(3)4)19-13(5)18-23-22-16-8-6-7-9-24(16)18/h6-13H,1-5H3,(H,19,20,21). The molecule has 0 aliphatic heterocycles. The van der Waals surface area contributed by atoms with E-state index in [-0.39, 0.29) is 12.0 Å². The van der Waals surface area contributed by atoms with E-state index in [1.54, 1.807) is 0 Å². The first-order valence-electron chi connectivity index (χ1n) is 8.40. The minimum atomic E-state index is -0.0164. The highest BCUT2D eigenvalue weighted by atomic mass is 15.3. The number of anilines is 1. The van der Waals surface area contributed by atoms with Gasteiger partial charge in [0.1, 0.15) is 11.6 Å². The van der Waals surface area contributed by atoms with Gasteiger partial charge < -0.3 is 5.32 Å².